The number of primary amides is 1. The summed E-state index contributed by atoms with van der Waals surface area (Å²) in [6.45, 7) is 5.36. The minimum atomic E-state index is -1.05. The Bertz CT molecular complexity index is 590. The molecule has 1 rings (SSSR count). The van der Waals surface area contributed by atoms with Gasteiger partial charge in [-0.05, 0) is 30.5 Å². The third kappa shape index (κ3) is 4.71. The average molecular weight is 310 g/mol. The number of hydrogen-bond donors (Lipinski definition) is 3. The van der Waals surface area contributed by atoms with Crippen LogP contribution in [0.1, 0.15) is 34.0 Å². The fourth-order valence-electron chi connectivity index (χ4n) is 1.70. The molecule has 1 aromatic heterocycles. The van der Waals surface area contributed by atoms with Gasteiger partial charge in [-0.25, -0.2) is 4.79 Å². The fourth-order valence-corrected chi connectivity index (χ4v) is 2.68. The molecule has 2 amide bonds. The lowest BCUT2D eigenvalue weighted by molar-refractivity contribution is -0.131. The van der Waals surface area contributed by atoms with Gasteiger partial charge in [0.25, 0.3) is 5.91 Å². The molecule has 0 spiro atoms. The Balaban J connectivity index is 2.91. The van der Waals surface area contributed by atoms with Gasteiger partial charge in [-0.1, -0.05) is 13.8 Å². The molecule has 1 aromatic rings. The molecule has 0 aromatic carbocycles. The van der Waals surface area contributed by atoms with Crippen molar-refractivity contribution in [1.29, 1.82) is 0 Å². The molecule has 0 saturated carbocycles. The van der Waals surface area contributed by atoms with Crippen LogP contribution in [0.4, 0.5) is 0 Å². The van der Waals surface area contributed by atoms with Gasteiger partial charge in [-0.2, -0.15) is 0 Å². The van der Waals surface area contributed by atoms with Gasteiger partial charge in [0, 0.05) is 11.0 Å². The SMILES string of the molecule is Cc1cc(C(=O)NC(C(N)=O)C(C)C)sc1/C=C/C(=O)O. The second kappa shape index (κ2) is 7.03. The van der Waals surface area contributed by atoms with Crippen molar-refractivity contribution in [2.24, 2.45) is 11.7 Å². The first-order chi connectivity index (χ1) is 9.72. The molecule has 1 heterocycles. The maximum atomic E-state index is 12.1. The van der Waals surface area contributed by atoms with E-state index in [1.165, 1.54) is 6.08 Å². The topological polar surface area (TPSA) is 109 Å². The zero-order valence-corrected chi connectivity index (χ0v) is 12.9. The van der Waals surface area contributed by atoms with E-state index < -0.39 is 23.8 Å². The zero-order chi connectivity index (χ0) is 16.2. The maximum absolute atomic E-state index is 12.1. The van der Waals surface area contributed by atoms with Crippen LogP contribution in [-0.4, -0.2) is 28.9 Å². The summed E-state index contributed by atoms with van der Waals surface area (Å²) in [7, 11) is 0. The molecule has 7 heteroatoms. The van der Waals surface area contributed by atoms with E-state index >= 15 is 0 Å². The normalized spacial score (nSPS) is 12.6. The van der Waals surface area contributed by atoms with Gasteiger partial charge in [-0.15, -0.1) is 11.3 Å². The molecule has 1 unspecified atom stereocenters. The summed E-state index contributed by atoms with van der Waals surface area (Å²) >= 11 is 1.16. The Morgan fingerprint density at radius 1 is 1.38 bits per heavy atom. The van der Waals surface area contributed by atoms with E-state index in [1.807, 2.05) is 0 Å². The molecule has 114 valence electrons. The number of rotatable bonds is 6. The van der Waals surface area contributed by atoms with Gasteiger partial charge in [-0.3, -0.25) is 9.59 Å². The second-order valence-corrected chi connectivity index (χ2v) is 6.01. The number of thiophene rings is 1. The molecule has 1 atom stereocenters. The van der Waals surface area contributed by atoms with Gasteiger partial charge < -0.3 is 16.2 Å². The fraction of sp³-hybridized carbons (Fsp3) is 0.357. The Kier molecular flexibility index (Phi) is 5.66. The number of nitrogens with two attached hydrogens (primary N) is 1. The number of aryl methyl sites for hydroxylation is 1. The van der Waals surface area contributed by atoms with E-state index in [1.54, 1.807) is 26.8 Å². The Morgan fingerprint density at radius 2 is 2.00 bits per heavy atom. The average Bonchev–Trinajstić information content (AvgIpc) is 2.73. The molecule has 0 aliphatic heterocycles. The van der Waals surface area contributed by atoms with Crippen LogP contribution in [0.5, 0.6) is 0 Å². The standard InChI is InChI=1S/C14H18N2O4S/c1-7(2)12(13(15)19)16-14(20)10-6-8(3)9(21-10)4-5-11(17)18/h4-7,12H,1-3H3,(H2,15,19)(H,16,20)(H,17,18)/b5-4+. The van der Waals surface area contributed by atoms with Crippen LogP contribution >= 0.6 is 11.3 Å². The van der Waals surface area contributed by atoms with Gasteiger partial charge in [0.15, 0.2) is 0 Å². The summed E-state index contributed by atoms with van der Waals surface area (Å²) in [6.07, 6.45) is 2.45. The highest BCUT2D eigenvalue weighted by Gasteiger charge is 2.23. The van der Waals surface area contributed by atoms with Crippen molar-refractivity contribution >= 4 is 35.2 Å². The van der Waals surface area contributed by atoms with Gasteiger partial charge in [0.1, 0.15) is 6.04 Å². The van der Waals surface area contributed by atoms with Crippen LogP contribution in [-0.2, 0) is 9.59 Å². The molecule has 0 aliphatic rings. The number of carboxylic acids is 1. The van der Waals surface area contributed by atoms with Gasteiger partial charge in [0.2, 0.25) is 5.91 Å². The first-order valence-corrected chi connectivity index (χ1v) is 7.15. The highest BCUT2D eigenvalue weighted by molar-refractivity contribution is 7.15. The minimum Gasteiger partial charge on any atom is -0.478 e. The quantitative estimate of drug-likeness (QED) is 0.690. The first-order valence-electron chi connectivity index (χ1n) is 6.34. The van der Waals surface area contributed by atoms with Crippen LogP contribution in [0.2, 0.25) is 0 Å². The van der Waals surface area contributed by atoms with E-state index in [9.17, 15) is 14.4 Å². The summed E-state index contributed by atoms with van der Waals surface area (Å²) in [4.78, 5) is 35.0. The molecule has 4 N–H and O–H groups in total. The molecule has 0 bridgehead atoms. The number of carboxylic acid groups (broad SMARTS) is 1. The van der Waals surface area contributed by atoms with Crippen LogP contribution in [0.25, 0.3) is 6.08 Å². The lowest BCUT2D eigenvalue weighted by Crippen LogP contribution is -2.47. The minimum absolute atomic E-state index is 0.112. The summed E-state index contributed by atoms with van der Waals surface area (Å²) in [6, 6.07) is 0.915. The number of carbonyl (C=O) groups excluding carboxylic acids is 2. The largest absolute Gasteiger partial charge is 0.478 e. The predicted molar refractivity (Wildman–Crippen MR) is 81.0 cm³/mol. The number of hydrogen-bond acceptors (Lipinski definition) is 4. The van der Waals surface area contributed by atoms with Crippen molar-refractivity contribution in [3.05, 3.63) is 27.5 Å². The first kappa shape index (κ1) is 16.9. The summed E-state index contributed by atoms with van der Waals surface area (Å²) in [5, 5.41) is 11.2. The summed E-state index contributed by atoms with van der Waals surface area (Å²) < 4.78 is 0. The summed E-state index contributed by atoms with van der Waals surface area (Å²) in [5.74, 6) is -2.14. The number of aliphatic carboxylic acids is 1. The van der Waals surface area contributed by atoms with Gasteiger partial charge >= 0.3 is 5.97 Å². The monoisotopic (exact) mass is 310 g/mol. The van der Waals surface area contributed by atoms with E-state index in [-0.39, 0.29) is 5.92 Å². The molecule has 0 fully saturated rings. The van der Waals surface area contributed by atoms with Crippen molar-refractivity contribution in [1.82, 2.24) is 5.32 Å². The zero-order valence-electron chi connectivity index (χ0n) is 12.0. The number of amides is 2. The highest BCUT2D eigenvalue weighted by Crippen LogP contribution is 2.23. The smallest absolute Gasteiger partial charge is 0.328 e. The Hall–Kier alpha value is -2.15. The molecule has 0 aliphatic carbocycles. The van der Waals surface area contributed by atoms with Crippen molar-refractivity contribution in [2.45, 2.75) is 26.8 Å². The van der Waals surface area contributed by atoms with Crippen LogP contribution in [0, 0.1) is 12.8 Å². The summed E-state index contributed by atoms with van der Waals surface area (Å²) in [5.41, 5.74) is 6.05. The van der Waals surface area contributed by atoms with Crippen molar-refractivity contribution in [3.63, 3.8) is 0 Å². The molecule has 0 saturated heterocycles. The lowest BCUT2D eigenvalue weighted by Gasteiger charge is -2.18. The van der Waals surface area contributed by atoms with Crippen molar-refractivity contribution in [2.75, 3.05) is 0 Å². The molecule has 21 heavy (non-hydrogen) atoms. The van der Waals surface area contributed by atoms with Crippen molar-refractivity contribution in [3.8, 4) is 0 Å². The number of nitrogens with one attached hydrogen (secondary N) is 1. The number of carbonyl (C=O) groups is 3. The molecular formula is C14H18N2O4S. The van der Waals surface area contributed by atoms with Gasteiger partial charge in [0.05, 0.1) is 4.88 Å². The van der Waals surface area contributed by atoms with E-state index in [0.29, 0.717) is 9.75 Å². The van der Waals surface area contributed by atoms with E-state index in [2.05, 4.69) is 5.32 Å². The molecular weight excluding hydrogens is 292 g/mol. The van der Waals surface area contributed by atoms with E-state index in [0.717, 1.165) is 23.0 Å². The second-order valence-electron chi connectivity index (χ2n) is 4.93. The Labute approximate surface area is 126 Å². The third-order valence-electron chi connectivity index (χ3n) is 2.82. The third-order valence-corrected chi connectivity index (χ3v) is 4.02. The lowest BCUT2D eigenvalue weighted by atomic mass is 10.0. The highest BCUT2D eigenvalue weighted by atomic mass is 32.1. The van der Waals surface area contributed by atoms with Crippen LogP contribution < -0.4 is 11.1 Å². The molecule has 0 radical (unpaired) electrons. The van der Waals surface area contributed by atoms with Crippen LogP contribution in [0.15, 0.2) is 12.1 Å². The predicted octanol–water partition coefficient (Wildman–Crippen LogP) is 1.39. The Morgan fingerprint density at radius 3 is 2.48 bits per heavy atom. The van der Waals surface area contributed by atoms with Crippen LogP contribution in [0.3, 0.4) is 0 Å². The molecule has 6 nitrogen and oxygen atoms in total. The van der Waals surface area contributed by atoms with Crippen molar-refractivity contribution < 1.29 is 19.5 Å². The maximum Gasteiger partial charge on any atom is 0.328 e. The van der Waals surface area contributed by atoms with E-state index in [4.69, 9.17) is 10.8 Å².